The number of nitrogens with zero attached hydrogens (tertiary/aromatic N) is 1. The Kier molecular flexibility index (Phi) is 6.25. The zero-order valence-corrected chi connectivity index (χ0v) is 18.2. The Balaban J connectivity index is 1.70. The molecule has 1 aliphatic heterocycles. The van der Waals surface area contributed by atoms with Crippen molar-refractivity contribution in [1.82, 2.24) is 0 Å². The molecule has 0 bridgehead atoms. The van der Waals surface area contributed by atoms with Gasteiger partial charge in [0.2, 0.25) is 5.91 Å². The van der Waals surface area contributed by atoms with Gasteiger partial charge in [-0.1, -0.05) is 30.0 Å². The molecule has 3 aromatic carbocycles. The number of rotatable bonds is 3. The Hall–Kier alpha value is -3.62. The zero-order valence-electron chi connectivity index (χ0n) is 18.2. The summed E-state index contributed by atoms with van der Waals surface area (Å²) in [6.07, 6.45) is 0.772. The van der Waals surface area contributed by atoms with Gasteiger partial charge in [-0.05, 0) is 78.6 Å². The van der Waals surface area contributed by atoms with E-state index in [1.54, 1.807) is 19.1 Å². The molecule has 1 amide bonds. The third-order valence-electron chi connectivity index (χ3n) is 5.76. The number of carbonyl (C=O) groups excluding carboxylic acids is 1. The van der Waals surface area contributed by atoms with E-state index in [0.29, 0.717) is 6.54 Å². The second kappa shape index (κ2) is 9.25. The summed E-state index contributed by atoms with van der Waals surface area (Å²) in [5.41, 5.74) is 11.2. The molecule has 2 atom stereocenters. The minimum absolute atomic E-state index is 0.0227. The molecule has 0 aromatic heterocycles. The van der Waals surface area contributed by atoms with Crippen molar-refractivity contribution in [3.63, 3.8) is 0 Å². The number of carbonyl (C=O) groups is 1. The number of hydrogen-bond acceptors (Lipinski definition) is 3. The molecular formula is C27H26FN3O. The molecular weight excluding hydrogens is 401 g/mol. The number of nitrogens with one attached hydrogen (secondary N) is 1. The van der Waals surface area contributed by atoms with Crippen LogP contribution in [0.2, 0.25) is 0 Å². The lowest BCUT2D eigenvalue weighted by Gasteiger charge is -2.39. The summed E-state index contributed by atoms with van der Waals surface area (Å²) in [4.78, 5) is 14.2. The average Bonchev–Trinajstić information content (AvgIpc) is 2.78. The van der Waals surface area contributed by atoms with Gasteiger partial charge in [-0.2, -0.15) is 0 Å². The fourth-order valence-corrected chi connectivity index (χ4v) is 4.31. The van der Waals surface area contributed by atoms with Crippen molar-refractivity contribution >= 4 is 17.3 Å². The normalized spacial score (nSPS) is 17.2. The fraction of sp³-hybridized carbons (Fsp3) is 0.222. The van der Waals surface area contributed by atoms with Crippen LogP contribution in [0, 0.1) is 17.7 Å². The minimum Gasteiger partial charge on any atom is -0.378 e. The van der Waals surface area contributed by atoms with Crippen molar-refractivity contribution in [3.05, 3.63) is 83.7 Å². The number of halogens is 1. The summed E-state index contributed by atoms with van der Waals surface area (Å²) in [7, 11) is 0. The first-order valence-electron chi connectivity index (χ1n) is 10.7. The first kappa shape index (κ1) is 21.6. The Morgan fingerprint density at radius 3 is 2.44 bits per heavy atom. The van der Waals surface area contributed by atoms with Gasteiger partial charge in [-0.15, -0.1) is 0 Å². The predicted molar refractivity (Wildman–Crippen MR) is 128 cm³/mol. The number of benzene rings is 3. The van der Waals surface area contributed by atoms with Crippen molar-refractivity contribution in [2.24, 2.45) is 5.73 Å². The van der Waals surface area contributed by atoms with Crippen molar-refractivity contribution in [2.75, 3.05) is 16.8 Å². The second-order valence-electron chi connectivity index (χ2n) is 8.03. The predicted octanol–water partition coefficient (Wildman–Crippen LogP) is 5.10. The van der Waals surface area contributed by atoms with Crippen LogP contribution < -0.4 is 16.0 Å². The molecule has 0 fully saturated rings. The van der Waals surface area contributed by atoms with Crippen LogP contribution in [0.25, 0.3) is 11.1 Å². The molecule has 5 heteroatoms. The minimum atomic E-state index is -0.262. The molecule has 1 aliphatic rings. The van der Waals surface area contributed by atoms with Crippen LogP contribution in [0.5, 0.6) is 0 Å². The van der Waals surface area contributed by atoms with Crippen LogP contribution in [0.15, 0.2) is 66.7 Å². The van der Waals surface area contributed by atoms with Gasteiger partial charge in [-0.25, -0.2) is 4.39 Å². The monoisotopic (exact) mass is 427 g/mol. The Labute approximate surface area is 188 Å². The summed E-state index contributed by atoms with van der Waals surface area (Å²) in [5, 5.41) is 3.63. The van der Waals surface area contributed by atoms with E-state index >= 15 is 0 Å². The number of hydrogen-bond donors (Lipinski definition) is 2. The molecule has 162 valence electrons. The third kappa shape index (κ3) is 4.51. The highest BCUT2D eigenvalue weighted by atomic mass is 19.1. The van der Waals surface area contributed by atoms with Crippen LogP contribution in [-0.4, -0.2) is 18.5 Å². The first-order chi connectivity index (χ1) is 15.5. The molecule has 0 aliphatic carbocycles. The van der Waals surface area contributed by atoms with Gasteiger partial charge in [0, 0.05) is 29.9 Å². The highest BCUT2D eigenvalue weighted by Crippen LogP contribution is 2.41. The van der Waals surface area contributed by atoms with Crippen LogP contribution >= 0.6 is 0 Å². The lowest BCUT2D eigenvalue weighted by atomic mass is 9.89. The quantitative estimate of drug-likeness (QED) is 0.572. The molecule has 0 saturated heterocycles. The Morgan fingerprint density at radius 1 is 1.09 bits per heavy atom. The summed E-state index contributed by atoms with van der Waals surface area (Å²) in [5.74, 6) is 5.65. The van der Waals surface area contributed by atoms with Crippen molar-refractivity contribution in [3.8, 4) is 23.0 Å². The lowest BCUT2D eigenvalue weighted by Crippen LogP contribution is -2.43. The molecule has 32 heavy (non-hydrogen) atoms. The van der Waals surface area contributed by atoms with Crippen molar-refractivity contribution in [1.29, 1.82) is 0 Å². The van der Waals surface area contributed by atoms with Gasteiger partial charge in [0.1, 0.15) is 5.82 Å². The summed E-state index contributed by atoms with van der Waals surface area (Å²) in [6.45, 7) is 4.00. The molecule has 0 radical (unpaired) electrons. The SMILES string of the molecule is CC(=O)N1c2ccc(-c3ccc(F)cc3)cc2[C@H](Nc2ccc(C#CCN)cc2)C[C@@H]1C. The van der Waals surface area contributed by atoms with E-state index in [9.17, 15) is 9.18 Å². The van der Waals surface area contributed by atoms with E-state index in [1.807, 2.05) is 41.3 Å². The Bertz CT molecular complexity index is 1180. The van der Waals surface area contributed by atoms with Crippen molar-refractivity contribution in [2.45, 2.75) is 32.4 Å². The van der Waals surface area contributed by atoms with Gasteiger partial charge in [0.05, 0.1) is 12.6 Å². The molecule has 0 spiro atoms. The maximum atomic E-state index is 13.4. The van der Waals surface area contributed by atoms with Crippen LogP contribution in [0.3, 0.4) is 0 Å². The van der Waals surface area contributed by atoms with Crippen LogP contribution in [0.4, 0.5) is 15.8 Å². The lowest BCUT2D eigenvalue weighted by molar-refractivity contribution is -0.117. The highest BCUT2D eigenvalue weighted by molar-refractivity contribution is 5.94. The largest absolute Gasteiger partial charge is 0.378 e. The summed E-state index contributed by atoms with van der Waals surface area (Å²) in [6, 6.07) is 20.6. The van der Waals surface area contributed by atoms with Crippen LogP contribution in [-0.2, 0) is 4.79 Å². The standard InChI is InChI=1S/C27H26FN3O/c1-18-16-26(30-24-12-5-20(6-13-24)4-3-15-29)25-17-22(21-7-10-23(28)11-8-21)9-14-27(25)31(18)19(2)32/h5-14,17-18,26,30H,15-16,29H2,1-2H3/t18-,26+/m0/s1. The molecule has 0 saturated carbocycles. The van der Waals surface area contributed by atoms with E-state index in [1.165, 1.54) is 12.1 Å². The van der Waals surface area contributed by atoms with Gasteiger partial charge in [0.25, 0.3) is 0 Å². The van der Waals surface area contributed by atoms with Crippen LogP contribution in [0.1, 0.15) is 37.4 Å². The molecule has 4 nitrogen and oxygen atoms in total. The molecule has 1 heterocycles. The number of fused-ring (bicyclic) bond motifs is 1. The topological polar surface area (TPSA) is 58.4 Å². The van der Waals surface area contributed by atoms with Gasteiger partial charge >= 0.3 is 0 Å². The molecule has 3 N–H and O–H groups in total. The zero-order chi connectivity index (χ0) is 22.7. The maximum Gasteiger partial charge on any atom is 0.224 e. The first-order valence-corrected chi connectivity index (χ1v) is 10.7. The summed E-state index contributed by atoms with van der Waals surface area (Å²) >= 11 is 0. The Morgan fingerprint density at radius 2 is 1.78 bits per heavy atom. The van der Waals surface area contributed by atoms with E-state index in [4.69, 9.17) is 5.73 Å². The van der Waals surface area contributed by atoms with Gasteiger partial charge in [-0.3, -0.25) is 4.79 Å². The van der Waals surface area contributed by atoms with Crippen molar-refractivity contribution < 1.29 is 9.18 Å². The van der Waals surface area contributed by atoms with Gasteiger partial charge < -0.3 is 16.0 Å². The number of amides is 1. The van der Waals surface area contributed by atoms with E-state index in [2.05, 4.69) is 30.1 Å². The third-order valence-corrected chi connectivity index (χ3v) is 5.76. The summed E-state index contributed by atoms with van der Waals surface area (Å²) < 4.78 is 13.4. The van der Waals surface area contributed by atoms with E-state index in [-0.39, 0.29) is 23.8 Å². The van der Waals surface area contributed by atoms with Gasteiger partial charge in [0.15, 0.2) is 0 Å². The maximum absolute atomic E-state index is 13.4. The number of anilines is 2. The van der Waals surface area contributed by atoms with E-state index < -0.39 is 0 Å². The molecule has 0 unspecified atom stereocenters. The van der Waals surface area contributed by atoms with E-state index in [0.717, 1.165) is 40.0 Å². The molecule has 3 aromatic rings. The second-order valence-corrected chi connectivity index (χ2v) is 8.03. The fourth-order valence-electron chi connectivity index (χ4n) is 4.31. The smallest absolute Gasteiger partial charge is 0.224 e. The molecule has 4 rings (SSSR count). The highest BCUT2D eigenvalue weighted by Gasteiger charge is 2.32. The average molecular weight is 428 g/mol. The number of nitrogens with two attached hydrogens (primary N) is 1.